The molecule has 0 saturated carbocycles. The maximum Gasteiger partial charge on any atom is 0.292 e. The second-order valence-electron chi connectivity index (χ2n) is 5.22. The number of imidazole rings is 1. The number of rotatable bonds is 1. The zero-order valence-electron chi connectivity index (χ0n) is 11.3. The molecule has 20 heavy (non-hydrogen) atoms. The van der Waals surface area contributed by atoms with Crippen LogP contribution in [0.2, 0.25) is 0 Å². The van der Waals surface area contributed by atoms with Crippen LogP contribution < -0.4 is 10.9 Å². The molecule has 5 heteroatoms. The van der Waals surface area contributed by atoms with Crippen LogP contribution in [0.15, 0.2) is 41.5 Å². The number of nitrogens with one attached hydrogen (secondary N) is 2. The summed E-state index contributed by atoms with van der Waals surface area (Å²) in [7, 11) is 1.93. The number of H-pyrrole nitrogens is 1. The highest BCUT2D eigenvalue weighted by molar-refractivity contribution is 5.77. The fraction of sp³-hybridized carbons (Fsp3) is 0.200. The van der Waals surface area contributed by atoms with Crippen molar-refractivity contribution in [3.63, 3.8) is 0 Å². The molecule has 2 N–H and O–H groups in total. The van der Waals surface area contributed by atoms with Gasteiger partial charge in [0.1, 0.15) is 0 Å². The Morgan fingerprint density at radius 2 is 2.15 bits per heavy atom. The Hall–Kier alpha value is -2.40. The number of aromatic nitrogens is 3. The molecular formula is C15H14N4O. The summed E-state index contributed by atoms with van der Waals surface area (Å²) in [4.78, 5) is 19.3. The summed E-state index contributed by atoms with van der Waals surface area (Å²) in [5, 5.41) is 3.38. The van der Waals surface area contributed by atoms with Gasteiger partial charge in [-0.25, -0.2) is 4.98 Å². The van der Waals surface area contributed by atoms with E-state index in [9.17, 15) is 4.79 Å². The Labute approximate surface area is 115 Å². The molecule has 0 bridgehead atoms. The van der Waals surface area contributed by atoms with Crippen molar-refractivity contribution in [2.75, 3.05) is 7.05 Å². The van der Waals surface area contributed by atoms with Crippen LogP contribution in [0.1, 0.15) is 18.2 Å². The van der Waals surface area contributed by atoms with E-state index < -0.39 is 0 Å². The van der Waals surface area contributed by atoms with Crippen LogP contribution in [-0.2, 0) is 5.54 Å². The van der Waals surface area contributed by atoms with E-state index in [1.165, 1.54) is 0 Å². The molecule has 2 heterocycles. The van der Waals surface area contributed by atoms with Gasteiger partial charge in [0, 0.05) is 18.0 Å². The van der Waals surface area contributed by atoms with E-state index in [-0.39, 0.29) is 11.1 Å². The third kappa shape index (κ3) is 1.16. The quantitative estimate of drug-likeness (QED) is 0.701. The van der Waals surface area contributed by atoms with Gasteiger partial charge < -0.3 is 10.3 Å². The van der Waals surface area contributed by atoms with E-state index in [1.54, 1.807) is 6.20 Å². The minimum Gasteiger partial charge on any atom is -0.317 e. The van der Waals surface area contributed by atoms with Crippen LogP contribution >= 0.6 is 0 Å². The van der Waals surface area contributed by atoms with E-state index >= 15 is 0 Å². The predicted molar refractivity (Wildman–Crippen MR) is 76.8 cm³/mol. The first kappa shape index (κ1) is 11.4. The summed E-state index contributed by atoms with van der Waals surface area (Å²) in [6, 6.07) is 8.13. The largest absolute Gasteiger partial charge is 0.317 e. The lowest BCUT2D eigenvalue weighted by Crippen LogP contribution is -2.38. The Bertz CT molecular complexity index is 892. The van der Waals surface area contributed by atoms with Gasteiger partial charge in [-0.15, -0.1) is 0 Å². The molecule has 0 fully saturated rings. The van der Waals surface area contributed by atoms with Crippen LogP contribution in [0.3, 0.4) is 0 Å². The van der Waals surface area contributed by atoms with E-state index in [0.29, 0.717) is 5.65 Å². The third-order valence-corrected chi connectivity index (χ3v) is 4.27. The maximum absolute atomic E-state index is 12.1. The molecule has 0 amide bonds. The summed E-state index contributed by atoms with van der Waals surface area (Å²) < 4.78 is 1.88. The molecule has 1 unspecified atom stereocenters. The third-order valence-electron chi connectivity index (χ3n) is 4.27. The number of benzene rings is 1. The maximum atomic E-state index is 12.1. The van der Waals surface area contributed by atoms with Crippen molar-refractivity contribution in [3.05, 3.63) is 58.3 Å². The normalized spacial score (nSPS) is 20.1. The van der Waals surface area contributed by atoms with Crippen molar-refractivity contribution in [1.82, 2.24) is 19.7 Å². The minimum atomic E-state index is -0.352. The first-order chi connectivity index (χ1) is 9.66. The number of hydrogen-bond donors (Lipinski definition) is 2. The van der Waals surface area contributed by atoms with Gasteiger partial charge >= 0.3 is 0 Å². The molecular weight excluding hydrogens is 252 g/mol. The molecule has 0 spiro atoms. The van der Waals surface area contributed by atoms with Gasteiger partial charge in [0.05, 0.1) is 16.9 Å². The first-order valence-corrected chi connectivity index (χ1v) is 6.55. The van der Waals surface area contributed by atoms with Crippen molar-refractivity contribution in [3.8, 4) is 11.3 Å². The van der Waals surface area contributed by atoms with Crippen LogP contribution in [0.25, 0.3) is 16.9 Å². The SMILES string of the molecule is CNC1(C)c2ccccc2-c2[nH]c(=O)c3nccn3c21. The van der Waals surface area contributed by atoms with Crippen molar-refractivity contribution in [2.45, 2.75) is 12.5 Å². The first-order valence-electron chi connectivity index (χ1n) is 6.55. The van der Waals surface area contributed by atoms with Gasteiger partial charge in [0.15, 0.2) is 0 Å². The smallest absolute Gasteiger partial charge is 0.292 e. The molecule has 3 aromatic rings. The lowest BCUT2D eigenvalue weighted by molar-refractivity contribution is 0.477. The molecule has 0 radical (unpaired) electrons. The Morgan fingerprint density at radius 1 is 1.35 bits per heavy atom. The number of hydrogen-bond acceptors (Lipinski definition) is 3. The molecule has 1 aromatic carbocycles. The number of aromatic amines is 1. The Kier molecular flexibility index (Phi) is 2.04. The van der Waals surface area contributed by atoms with Crippen LogP contribution in [0.5, 0.6) is 0 Å². The topological polar surface area (TPSA) is 62.2 Å². The average molecular weight is 266 g/mol. The van der Waals surface area contributed by atoms with Gasteiger partial charge in [-0.1, -0.05) is 24.3 Å². The minimum absolute atomic E-state index is 0.163. The predicted octanol–water partition coefficient (Wildman–Crippen LogP) is 1.49. The van der Waals surface area contributed by atoms with E-state index in [2.05, 4.69) is 28.3 Å². The second-order valence-corrected chi connectivity index (χ2v) is 5.22. The molecule has 2 aromatic heterocycles. The fourth-order valence-electron chi connectivity index (χ4n) is 3.20. The Morgan fingerprint density at radius 3 is 2.95 bits per heavy atom. The van der Waals surface area contributed by atoms with Crippen molar-refractivity contribution < 1.29 is 0 Å². The molecule has 5 nitrogen and oxygen atoms in total. The number of nitrogens with zero attached hydrogens (tertiary/aromatic N) is 2. The highest BCUT2D eigenvalue weighted by Gasteiger charge is 2.41. The summed E-state index contributed by atoms with van der Waals surface area (Å²) in [6.07, 6.45) is 3.49. The fourth-order valence-corrected chi connectivity index (χ4v) is 3.20. The standard InChI is InChI=1S/C15H14N4O/c1-15(16-2)10-6-4-3-5-9(10)11-12(15)19-8-7-17-13(19)14(20)18-11/h3-8,16H,1-2H3,(H,18,20). The second kappa shape index (κ2) is 3.58. The lowest BCUT2D eigenvalue weighted by Gasteiger charge is -2.26. The summed E-state index contributed by atoms with van der Waals surface area (Å²) >= 11 is 0. The van der Waals surface area contributed by atoms with E-state index in [4.69, 9.17) is 0 Å². The van der Waals surface area contributed by atoms with Gasteiger partial charge in [-0.05, 0) is 19.5 Å². The molecule has 1 aliphatic rings. The molecule has 0 aliphatic heterocycles. The van der Waals surface area contributed by atoms with E-state index in [1.807, 2.05) is 35.8 Å². The average Bonchev–Trinajstić information content (AvgIpc) is 3.03. The zero-order valence-corrected chi connectivity index (χ0v) is 11.3. The highest BCUT2D eigenvalue weighted by Crippen LogP contribution is 2.45. The molecule has 0 saturated heterocycles. The zero-order chi connectivity index (χ0) is 13.9. The summed E-state index contributed by atoms with van der Waals surface area (Å²) in [6.45, 7) is 2.12. The van der Waals surface area contributed by atoms with Crippen LogP contribution in [0, 0.1) is 0 Å². The van der Waals surface area contributed by atoms with Crippen molar-refractivity contribution >= 4 is 5.65 Å². The molecule has 1 aliphatic carbocycles. The van der Waals surface area contributed by atoms with Crippen molar-refractivity contribution in [1.29, 1.82) is 0 Å². The van der Waals surface area contributed by atoms with Gasteiger partial charge in [-0.3, -0.25) is 9.20 Å². The van der Waals surface area contributed by atoms with E-state index in [0.717, 1.165) is 22.5 Å². The lowest BCUT2D eigenvalue weighted by atomic mass is 9.93. The van der Waals surface area contributed by atoms with Crippen molar-refractivity contribution in [2.24, 2.45) is 0 Å². The summed E-state index contributed by atoms with van der Waals surface area (Å²) in [5.41, 5.74) is 4.03. The highest BCUT2D eigenvalue weighted by atomic mass is 16.1. The van der Waals surface area contributed by atoms with Gasteiger partial charge in [-0.2, -0.15) is 0 Å². The molecule has 1 atom stereocenters. The van der Waals surface area contributed by atoms with Gasteiger partial charge in [0.2, 0.25) is 5.65 Å². The number of fused-ring (bicyclic) bond motifs is 5. The van der Waals surface area contributed by atoms with Crippen LogP contribution in [-0.4, -0.2) is 21.4 Å². The monoisotopic (exact) mass is 266 g/mol. The van der Waals surface area contributed by atoms with Gasteiger partial charge in [0.25, 0.3) is 5.56 Å². The molecule has 100 valence electrons. The molecule has 4 rings (SSSR count). The Balaban J connectivity index is 2.25. The summed E-state index contributed by atoms with van der Waals surface area (Å²) in [5.74, 6) is 0. The van der Waals surface area contributed by atoms with Crippen LogP contribution in [0.4, 0.5) is 0 Å².